The number of hydrogen-bond donors (Lipinski definition) is 3. The van der Waals surface area contributed by atoms with E-state index in [0.29, 0.717) is 12.8 Å². The molecule has 0 saturated heterocycles. The van der Waals surface area contributed by atoms with Crippen molar-refractivity contribution in [1.29, 1.82) is 0 Å². The van der Waals surface area contributed by atoms with Crippen LogP contribution in [-0.4, -0.2) is 65.7 Å². The van der Waals surface area contributed by atoms with Crippen molar-refractivity contribution in [1.82, 2.24) is 0 Å². The van der Waals surface area contributed by atoms with Crippen molar-refractivity contribution >= 4 is 19.8 Å². The zero-order chi connectivity index (χ0) is 39.8. The first-order valence-electron chi connectivity index (χ1n) is 20.0. The SMILES string of the molecule is CC/C=C\C/C=C\C/C=C\C/C=C\C/C=C\CC(=O)OC(COC(=O)CCCCCCC/C=C\C/C=C\CCCCCC)COP(=O)(O)OCC(O)CO. The molecule has 0 aliphatic heterocycles. The quantitative estimate of drug-likeness (QED) is 0.0243. The molecule has 0 heterocycles. The normalized spacial score (nSPS) is 14.8. The van der Waals surface area contributed by atoms with E-state index in [0.717, 1.165) is 70.6 Å². The Labute approximate surface area is 326 Å². The minimum atomic E-state index is -4.65. The molecule has 0 fully saturated rings. The number of rotatable bonds is 36. The summed E-state index contributed by atoms with van der Waals surface area (Å²) < 4.78 is 32.5. The maximum absolute atomic E-state index is 12.5. The summed E-state index contributed by atoms with van der Waals surface area (Å²) in [5.41, 5.74) is 0. The van der Waals surface area contributed by atoms with Gasteiger partial charge in [0, 0.05) is 6.42 Å². The molecule has 3 N–H and O–H groups in total. The second-order valence-corrected chi connectivity index (χ2v) is 14.4. The first-order valence-corrected chi connectivity index (χ1v) is 21.5. The van der Waals surface area contributed by atoms with Crippen molar-refractivity contribution < 1.29 is 47.8 Å². The monoisotopic (exact) mass is 778 g/mol. The standard InChI is InChI=1S/C43H71O10P/c1-3-5-7-9-11-13-15-17-19-21-22-24-26-28-30-32-34-42(46)50-38-41(39-52-54(48,49)51-37-40(45)36-44)53-43(47)35-33-31-29-27-25-23-20-18-16-14-12-10-8-6-4-2/h6,8,12-15,18-21,25,27,31,33,40-41,44-45H,3-5,7,9-11,16-17,22-24,26,28-30,32,34-39H2,1-2H3,(H,48,49)/b8-6-,14-12-,15-13-,20-18-,21-19-,27-25-,33-31-. The van der Waals surface area contributed by atoms with Crippen LogP contribution in [0, 0.1) is 0 Å². The highest BCUT2D eigenvalue weighted by atomic mass is 31.2. The molecule has 0 spiro atoms. The first kappa shape index (κ1) is 51.1. The van der Waals surface area contributed by atoms with Gasteiger partial charge in [-0.25, -0.2) is 4.57 Å². The summed E-state index contributed by atoms with van der Waals surface area (Å²) in [6.07, 6.45) is 44.4. The molecule has 0 aromatic rings. The fraction of sp³-hybridized carbons (Fsp3) is 0.628. The molecule has 0 amide bonds. The van der Waals surface area contributed by atoms with E-state index in [-0.39, 0.29) is 19.4 Å². The number of carbonyl (C=O) groups is 2. The largest absolute Gasteiger partial charge is 0.472 e. The third-order valence-electron chi connectivity index (χ3n) is 7.82. The number of allylic oxidation sites excluding steroid dienone is 13. The van der Waals surface area contributed by atoms with Crippen molar-refractivity contribution in [3.05, 3.63) is 85.1 Å². The van der Waals surface area contributed by atoms with E-state index in [2.05, 4.69) is 79.1 Å². The molecule has 0 rings (SSSR count). The Bertz CT molecular complexity index is 1170. The van der Waals surface area contributed by atoms with Crippen LogP contribution in [0.1, 0.15) is 136 Å². The molecule has 0 aliphatic rings. The fourth-order valence-electron chi connectivity index (χ4n) is 4.74. The maximum Gasteiger partial charge on any atom is 0.472 e. The molecule has 10 nitrogen and oxygen atoms in total. The summed E-state index contributed by atoms with van der Waals surface area (Å²) in [6, 6.07) is 0. The number of esters is 2. The highest BCUT2D eigenvalue weighted by Crippen LogP contribution is 2.43. The van der Waals surface area contributed by atoms with Crippen molar-refractivity contribution in [3.8, 4) is 0 Å². The van der Waals surface area contributed by atoms with Gasteiger partial charge in [0.25, 0.3) is 0 Å². The third kappa shape index (κ3) is 37.5. The maximum atomic E-state index is 12.5. The highest BCUT2D eigenvalue weighted by Gasteiger charge is 2.27. The number of unbranched alkanes of at least 4 members (excludes halogenated alkanes) is 9. The lowest BCUT2D eigenvalue weighted by molar-refractivity contribution is -0.160. The predicted molar refractivity (Wildman–Crippen MR) is 219 cm³/mol. The van der Waals surface area contributed by atoms with Crippen LogP contribution in [0.4, 0.5) is 0 Å². The van der Waals surface area contributed by atoms with E-state index < -0.39 is 51.8 Å². The van der Waals surface area contributed by atoms with Gasteiger partial charge in [-0.1, -0.05) is 137 Å². The Kier molecular flexibility index (Phi) is 36.4. The van der Waals surface area contributed by atoms with Gasteiger partial charge in [0.15, 0.2) is 6.10 Å². The van der Waals surface area contributed by atoms with Crippen LogP contribution >= 0.6 is 7.82 Å². The van der Waals surface area contributed by atoms with E-state index in [1.807, 2.05) is 18.2 Å². The predicted octanol–water partition coefficient (Wildman–Crippen LogP) is 10.3. The minimum Gasteiger partial charge on any atom is -0.462 e. The van der Waals surface area contributed by atoms with Crippen molar-refractivity contribution in [2.45, 2.75) is 148 Å². The van der Waals surface area contributed by atoms with Crippen LogP contribution in [0.3, 0.4) is 0 Å². The summed E-state index contributed by atoms with van der Waals surface area (Å²) >= 11 is 0. The number of phosphoric ester groups is 1. The van der Waals surface area contributed by atoms with Gasteiger partial charge < -0.3 is 24.6 Å². The number of hydrogen-bond acceptors (Lipinski definition) is 9. The Balaban J connectivity index is 4.52. The van der Waals surface area contributed by atoms with Crippen LogP contribution in [0.25, 0.3) is 0 Å². The van der Waals surface area contributed by atoms with Gasteiger partial charge in [-0.2, -0.15) is 0 Å². The average Bonchev–Trinajstić information content (AvgIpc) is 3.16. The van der Waals surface area contributed by atoms with Crippen LogP contribution < -0.4 is 0 Å². The lowest BCUT2D eigenvalue weighted by Crippen LogP contribution is -2.29. The fourth-order valence-corrected chi connectivity index (χ4v) is 5.53. The Morgan fingerprint density at radius 2 is 1.07 bits per heavy atom. The summed E-state index contributed by atoms with van der Waals surface area (Å²) in [4.78, 5) is 34.8. The van der Waals surface area contributed by atoms with Gasteiger partial charge in [-0.05, 0) is 70.6 Å². The van der Waals surface area contributed by atoms with E-state index in [4.69, 9.17) is 19.1 Å². The van der Waals surface area contributed by atoms with Crippen LogP contribution in [-0.2, 0) is 32.7 Å². The third-order valence-corrected chi connectivity index (χ3v) is 8.77. The smallest absolute Gasteiger partial charge is 0.462 e. The molecular weight excluding hydrogens is 707 g/mol. The van der Waals surface area contributed by atoms with Crippen molar-refractivity contribution in [2.75, 3.05) is 26.4 Å². The average molecular weight is 779 g/mol. The summed E-state index contributed by atoms with van der Waals surface area (Å²) in [6.45, 7) is 2.09. The topological polar surface area (TPSA) is 149 Å². The van der Waals surface area contributed by atoms with Crippen LogP contribution in [0.2, 0.25) is 0 Å². The zero-order valence-electron chi connectivity index (χ0n) is 33.1. The molecule has 0 saturated carbocycles. The van der Waals surface area contributed by atoms with Crippen LogP contribution in [0.15, 0.2) is 85.1 Å². The first-order chi connectivity index (χ1) is 26.2. The van der Waals surface area contributed by atoms with Gasteiger partial charge in [0.05, 0.1) is 26.2 Å². The van der Waals surface area contributed by atoms with Crippen molar-refractivity contribution in [2.24, 2.45) is 0 Å². The highest BCUT2D eigenvalue weighted by molar-refractivity contribution is 7.47. The van der Waals surface area contributed by atoms with E-state index in [1.165, 1.54) is 25.7 Å². The number of aliphatic hydroxyl groups excluding tert-OH is 2. The van der Waals surface area contributed by atoms with E-state index in [1.54, 1.807) is 6.08 Å². The molecule has 0 aromatic carbocycles. The number of carbonyl (C=O) groups excluding carboxylic acids is 2. The van der Waals surface area contributed by atoms with Crippen molar-refractivity contribution in [3.63, 3.8) is 0 Å². The molecule has 3 unspecified atom stereocenters. The molecule has 308 valence electrons. The summed E-state index contributed by atoms with van der Waals surface area (Å²) in [7, 11) is -4.65. The Morgan fingerprint density at radius 3 is 1.63 bits per heavy atom. The molecule has 0 aliphatic carbocycles. The van der Waals surface area contributed by atoms with Gasteiger partial charge in [-0.15, -0.1) is 0 Å². The Morgan fingerprint density at radius 1 is 0.593 bits per heavy atom. The minimum absolute atomic E-state index is 0.0556. The Hall–Kier alpha value is -2.85. The molecule has 3 atom stereocenters. The molecule has 0 radical (unpaired) electrons. The molecule has 54 heavy (non-hydrogen) atoms. The van der Waals surface area contributed by atoms with E-state index in [9.17, 15) is 24.2 Å². The second kappa shape index (κ2) is 38.4. The van der Waals surface area contributed by atoms with Gasteiger partial charge in [0.2, 0.25) is 0 Å². The second-order valence-electron chi connectivity index (χ2n) is 12.9. The van der Waals surface area contributed by atoms with E-state index >= 15 is 0 Å². The summed E-state index contributed by atoms with van der Waals surface area (Å²) in [5, 5.41) is 18.3. The molecule has 0 aromatic heterocycles. The number of ether oxygens (including phenoxy) is 2. The van der Waals surface area contributed by atoms with Crippen LogP contribution in [0.5, 0.6) is 0 Å². The van der Waals surface area contributed by atoms with Gasteiger partial charge >= 0.3 is 19.8 Å². The molecule has 11 heteroatoms. The lowest BCUT2D eigenvalue weighted by atomic mass is 10.1. The summed E-state index contributed by atoms with van der Waals surface area (Å²) in [5.74, 6) is -1.10. The van der Waals surface area contributed by atoms with Gasteiger partial charge in [0.1, 0.15) is 12.7 Å². The zero-order valence-corrected chi connectivity index (χ0v) is 34.0. The number of phosphoric acid groups is 1. The van der Waals surface area contributed by atoms with Gasteiger partial charge in [-0.3, -0.25) is 18.6 Å². The number of aliphatic hydroxyl groups is 2. The lowest BCUT2D eigenvalue weighted by Gasteiger charge is -2.20. The molecular formula is C43H71O10P. The molecule has 0 bridgehead atoms.